The zero-order valence-electron chi connectivity index (χ0n) is 10.9. The van der Waals surface area contributed by atoms with Crippen LogP contribution in [0.3, 0.4) is 0 Å². The van der Waals surface area contributed by atoms with E-state index < -0.39 is 0 Å². The number of furan rings is 1. The first kappa shape index (κ1) is 13.4. The number of hydrogen-bond acceptors (Lipinski definition) is 4. The second-order valence-corrected chi connectivity index (χ2v) is 4.37. The van der Waals surface area contributed by atoms with Crippen molar-refractivity contribution in [3.05, 3.63) is 42.6 Å². The van der Waals surface area contributed by atoms with Crippen molar-refractivity contribution in [3.8, 4) is 0 Å². The number of nitrogens with zero attached hydrogens (tertiary/aromatic N) is 2. The summed E-state index contributed by atoms with van der Waals surface area (Å²) in [4.78, 5) is 11.6. The first-order valence-electron chi connectivity index (χ1n) is 6.24. The van der Waals surface area contributed by atoms with Crippen LogP contribution in [0.4, 0.5) is 0 Å². The van der Waals surface area contributed by atoms with Gasteiger partial charge in [-0.2, -0.15) is 5.10 Å². The zero-order valence-corrected chi connectivity index (χ0v) is 10.9. The summed E-state index contributed by atoms with van der Waals surface area (Å²) < 4.78 is 6.96. The second-order valence-electron chi connectivity index (χ2n) is 4.37. The molecule has 1 unspecified atom stereocenters. The molecule has 2 aromatic rings. The lowest BCUT2D eigenvalue weighted by Gasteiger charge is -2.13. The van der Waals surface area contributed by atoms with Crippen molar-refractivity contribution in [2.24, 2.45) is 0 Å². The molecule has 1 atom stereocenters. The van der Waals surface area contributed by atoms with Gasteiger partial charge in [-0.3, -0.25) is 9.48 Å². The third kappa shape index (κ3) is 4.59. The highest BCUT2D eigenvalue weighted by Gasteiger charge is 2.06. The van der Waals surface area contributed by atoms with E-state index in [-0.39, 0.29) is 18.5 Å². The molecule has 0 aliphatic heterocycles. The molecule has 2 heterocycles. The molecule has 0 fully saturated rings. The van der Waals surface area contributed by atoms with Gasteiger partial charge in [-0.25, -0.2) is 0 Å². The van der Waals surface area contributed by atoms with Crippen LogP contribution < -0.4 is 10.6 Å². The summed E-state index contributed by atoms with van der Waals surface area (Å²) in [6.07, 6.45) is 5.23. The summed E-state index contributed by atoms with van der Waals surface area (Å²) >= 11 is 0. The van der Waals surface area contributed by atoms with Crippen LogP contribution in [0.1, 0.15) is 12.7 Å². The maximum absolute atomic E-state index is 11.6. The largest absolute Gasteiger partial charge is 0.467 e. The summed E-state index contributed by atoms with van der Waals surface area (Å²) in [6, 6.07) is 5.68. The van der Waals surface area contributed by atoms with E-state index in [9.17, 15) is 4.79 Å². The number of carbonyl (C=O) groups excluding carboxylic acids is 1. The number of hydrogen-bond donors (Lipinski definition) is 2. The monoisotopic (exact) mass is 262 g/mol. The fourth-order valence-corrected chi connectivity index (χ4v) is 1.68. The fourth-order valence-electron chi connectivity index (χ4n) is 1.68. The van der Waals surface area contributed by atoms with Gasteiger partial charge in [-0.05, 0) is 25.1 Å². The fraction of sp³-hybridized carbons (Fsp3) is 0.385. The van der Waals surface area contributed by atoms with Gasteiger partial charge in [0, 0.05) is 18.4 Å². The van der Waals surface area contributed by atoms with Gasteiger partial charge in [-0.15, -0.1) is 0 Å². The van der Waals surface area contributed by atoms with Gasteiger partial charge in [0.25, 0.3) is 0 Å². The first-order valence-corrected chi connectivity index (χ1v) is 6.24. The average molecular weight is 262 g/mol. The highest BCUT2D eigenvalue weighted by molar-refractivity contribution is 5.77. The van der Waals surface area contributed by atoms with E-state index in [1.54, 1.807) is 18.5 Å². The number of nitrogens with one attached hydrogen (secondary N) is 2. The molecule has 2 aromatic heterocycles. The Hall–Kier alpha value is -2.08. The molecule has 19 heavy (non-hydrogen) atoms. The molecule has 6 heteroatoms. The van der Waals surface area contributed by atoms with Gasteiger partial charge in [-0.1, -0.05) is 0 Å². The van der Waals surface area contributed by atoms with Crippen molar-refractivity contribution in [1.29, 1.82) is 0 Å². The SMILES string of the molecule is CC(Cn1cccn1)NCC(=O)NCc1ccco1. The summed E-state index contributed by atoms with van der Waals surface area (Å²) in [5.74, 6) is 0.696. The Labute approximate surface area is 111 Å². The summed E-state index contributed by atoms with van der Waals surface area (Å²) in [6.45, 7) is 3.45. The van der Waals surface area contributed by atoms with E-state index in [1.165, 1.54) is 0 Å². The lowest BCUT2D eigenvalue weighted by atomic mass is 10.3. The number of amides is 1. The lowest BCUT2D eigenvalue weighted by molar-refractivity contribution is -0.120. The average Bonchev–Trinajstić information content (AvgIpc) is 3.06. The Morgan fingerprint density at radius 2 is 2.42 bits per heavy atom. The smallest absolute Gasteiger partial charge is 0.234 e. The molecule has 1 amide bonds. The maximum atomic E-state index is 11.6. The molecular weight excluding hydrogens is 244 g/mol. The molecule has 2 rings (SSSR count). The molecule has 0 radical (unpaired) electrons. The molecule has 102 valence electrons. The van der Waals surface area contributed by atoms with E-state index in [0.29, 0.717) is 6.54 Å². The Bertz CT molecular complexity index is 479. The van der Waals surface area contributed by atoms with Crippen molar-refractivity contribution in [1.82, 2.24) is 20.4 Å². The molecule has 0 saturated carbocycles. The van der Waals surface area contributed by atoms with Crippen molar-refractivity contribution in [3.63, 3.8) is 0 Å². The van der Waals surface area contributed by atoms with Crippen LogP contribution in [0.25, 0.3) is 0 Å². The predicted octanol–water partition coefficient (Wildman–Crippen LogP) is 0.771. The summed E-state index contributed by atoms with van der Waals surface area (Å²) in [5, 5.41) is 10.0. The normalized spacial score (nSPS) is 12.3. The Balaban J connectivity index is 1.63. The number of rotatable bonds is 7. The van der Waals surface area contributed by atoms with Crippen molar-refractivity contribution < 1.29 is 9.21 Å². The van der Waals surface area contributed by atoms with Crippen LogP contribution in [0.2, 0.25) is 0 Å². The number of aromatic nitrogens is 2. The summed E-state index contributed by atoms with van der Waals surface area (Å²) in [5.41, 5.74) is 0. The molecule has 0 aliphatic rings. The van der Waals surface area contributed by atoms with Crippen LogP contribution >= 0.6 is 0 Å². The predicted molar refractivity (Wildman–Crippen MR) is 70.2 cm³/mol. The zero-order chi connectivity index (χ0) is 13.5. The number of carbonyl (C=O) groups is 1. The van der Waals surface area contributed by atoms with E-state index in [0.717, 1.165) is 12.3 Å². The molecule has 0 aromatic carbocycles. The maximum Gasteiger partial charge on any atom is 0.234 e. The standard InChI is InChI=1S/C13H18N4O2/c1-11(10-17-6-3-5-16-17)14-9-13(18)15-8-12-4-2-7-19-12/h2-7,11,14H,8-10H2,1H3,(H,15,18). The van der Waals surface area contributed by atoms with Gasteiger partial charge < -0.3 is 15.1 Å². The minimum atomic E-state index is -0.0521. The van der Waals surface area contributed by atoms with Crippen LogP contribution in [0, 0.1) is 0 Å². The van der Waals surface area contributed by atoms with E-state index >= 15 is 0 Å². The van der Waals surface area contributed by atoms with Crippen LogP contribution in [0.5, 0.6) is 0 Å². The van der Waals surface area contributed by atoms with Crippen molar-refractivity contribution >= 4 is 5.91 Å². The van der Waals surface area contributed by atoms with E-state index in [4.69, 9.17) is 4.42 Å². The van der Waals surface area contributed by atoms with Gasteiger partial charge in [0.05, 0.1) is 25.9 Å². The molecule has 0 aliphatic carbocycles. The van der Waals surface area contributed by atoms with Gasteiger partial charge in [0.2, 0.25) is 5.91 Å². The minimum absolute atomic E-state index is 0.0521. The Morgan fingerprint density at radius 3 is 3.11 bits per heavy atom. The quantitative estimate of drug-likeness (QED) is 0.773. The molecule has 0 saturated heterocycles. The lowest BCUT2D eigenvalue weighted by Crippen LogP contribution is -2.39. The summed E-state index contributed by atoms with van der Waals surface area (Å²) in [7, 11) is 0. The van der Waals surface area contributed by atoms with Crippen LogP contribution in [-0.4, -0.2) is 28.3 Å². The molecule has 0 spiro atoms. The Kier molecular flexibility index (Phi) is 4.74. The minimum Gasteiger partial charge on any atom is -0.467 e. The highest BCUT2D eigenvalue weighted by atomic mass is 16.3. The van der Waals surface area contributed by atoms with Gasteiger partial charge >= 0.3 is 0 Å². The first-order chi connectivity index (χ1) is 9.24. The molecule has 0 bridgehead atoms. The van der Waals surface area contributed by atoms with Gasteiger partial charge in [0.15, 0.2) is 0 Å². The molecule has 2 N–H and O–H groups in total. The third-order valence-electron chi connectivity index (χ3n) is 2.67. The van der Waals surface area contributed by atoms with Crippen LogP contribution in [-0.2, 0) is 17.9 Å². The van der Waals surface area contributed by atoms with E-state index in [1.807, 2.05) is 29.9 Å². The highest BCUT2D eigenvalue weighted by Crippen LogP contribution is 1.98. The van der Waals surface area contributed by atoms with E-state index in [2.05, 4.69) is 15.7 Å². The van der Waals surface area contributed by atoms with Crippen LogP contribution in [0.15, 0.2) is 41.3 Å². The second kappa shape index (κ2) is 6.75. The topological polar surface area (TPSA) is 72.1 Å². The third-order valence-corrected chi connectivity index (χ3v) is 2.67. The van der Waals surface area contributed by atoms with Gasteiger partial charge in [0.1, 0.15) is 5.76 Å². The molecule has 6 nitrogen and oxygen atoms in total. The molecular formula is C13H18N4O2. The van der Waals surface area contributed by atoms with Crippen molar-refractivity contribution in [2.45, 2.75) is 26.1 Å². The Morgan fingerprint density at radius 1 is 1.53 bits per heavy atom. The van der Waals surface area contributed by atoms with Crippen molar-refractivity contribution in [2.75, 3.05) is 6.54 Å².